The van der Waals surface area contributed by atoms with Crippen LogP contribution in [0.2, 0.25) is 0 Å². The molecule has 0 atom stereocenters. The summed E-state index contributed by atoms with van der Waals surface area (Å²) in [5.41, 5.74) is 5.12. The molecule has 0 fully saturated rings. The minimum Gasteiger partial charge on any atom is -0.423 e. The van der Waals surface area contributed by atoms with Crippen LogP contribution in [0.4, 0.5) is 0 Å². The molecule has 0 heterocycles. The molecule has 0 spiro atoms. The summed E-state index contributed by atoms with van der Waals surface area (Å²) in [7, 11) is 0. The number of halogens is 1. The van der Waals surface area contributed by atoms with Crippen LogP contribution in [0.3, 0.4) is 0 Å². The molecule has 0 aliphatic rings. The van der Waals surface area contributed by atoms with Crippen LogP contribution in [0.5, 0.6) is 5.75 Å². The first-order valence-corrected chi connectivity index (χ1v) is 9.29. The minimum atomic E-state index is -0.402. The Balaban J connectivity index is 1.58. The number of nitrogens with zero attached hydrogens (tertiary/aromatic N) is 1. The highest BCUT2D eigenvalue weighted by atomic mass is 79.9. The van der Waals surface area contributed by atoms with Gasteiger partial charge in [0.2, 0.25) is 0 Å². The van der Waals surface area contributed by atoms with Crippen molar-refractivity contribution in [2.24, 2.45) is 5.10 Å². The molecular weight excluding hydrogens is 420 g/mol. The monoisotopic (exact) mass is 436 g/mol. The SMILES string of the molecule is Cc1ccccc1C(=O)Oc1ccc(/C=N/NC(=O)c2cccc(Br)c2)cc1. The van der Waals surface area contributed by atoms with Crippen LogP contribution >= 0.6 is 15.9 Å². The van der Waals surface area contributed by atoms with Gasteiger partial charge in [-0.15, -0.1) is 0 Å². The lowest BCUT2D eigenvalue weighted by Crippen LogP contribution is -2.17. The van der Waals surface area contributed by atoms with E-state index in [2.05, 4.69) is 26.5 Å². The molecule has 28 heavy (non-hydrogen) atoms. The number of rotatable bonds is 5. The van der Waals surface area contributed by atoms with Crippen molar-refractivity contribution in [3.05, 3.63) is 99.5 Å². The first-order valence-electron chi connectivity index (χ1n) is 8.50. The van der Waals surface area contributed by atoms with Gasteiger partial charge in [-0.3, -0.25) is 4.79 Å². The Morgan fingerprint density at radius 1 is 1.00 bits per heavy atom. The standard InChI is InChI=1S/C22H17BrN2O3/c1-15-5-2-3-8-20(15)22(27)28-19-11-9-16(10-12-19)14-24-25-21(26)17-6-4-7-18(23)13-17/h2-14H,1H3,(H,25,26)/b24-14+. The molecule has 5 nitrogen and oxygen atoms in total. The van der Waals surface area contributed by atoms with Crippen molar-refractivity contribution < 1.29 is 14.3 Å². The molecular formula is C22H17BrN2O3. The second kappa shape index (κ2) is 9.10. The van der Waals surface area contributed by atoms with Crippen molar-refractivity contribution in [1.82, 2.24) is 5.43 Å². The molecule has 6 heteroatoms. The van der Waals surface area contributed by atoms with Gasteiger partial charge in [0.25, 0.3) is 5.91 Å². The molecule has 140 valence electrons. The average molecular weight is 437 g/mol. The van der Waals surface area contributed by atoms with Gasteiger partial charge in [-0.25, -0.2) is 10.2 Å². The van der Waals surface area contributed by atoms with Crippen molar-refractivity contribution >= 4 is 34.0 Å². The van der Waals surface area contributed by atoms with Crippen LogP contribution in [0.1, 0.15) is 31.8 Å². The van der Waals surface area contributed by atoms with Crippen LogP contribution in [0.25, 0.3) is 0 Å². The van der Waals surface area contributed by atoms with E-state index in [4.69, 9.17) is 4.74 Å². The predicted octanol–water partition coefficient (Wildman–Crippen LogP) is 4.74. The first-order chi connectivity index (χ1) is 13.5. The maximum Gasteiger partial charge on any atom is 0.343 e. The molecule has 0 unspecified atom stereocenters. The third-order valence-electron chi connectivity index (χ3n) is 3.92. The minimum absolute atomic E-state index is 0.304. The van der Waals surface area contributed by atoms with E-state index < -0.39 is 5.97 Å². The number of hydrogen-bond donors (Lipinski definition) is 1. The van der Waals surface area contributed by atoms with Gasteiger partial charge in [-0.05, 0) is 66.6 Å². The summed E-state index contributed by atoms with van der Waals surface area (Å²) < 4.78 is 6.21. The zero-order chi connectivity index (χ0) is 19.9. The summed E-state index contributed by atoms with van der Waals surface area (Å²) in [6.45, 7) is 1.86. The van der Waals surface area contributed by atoms with Gasteiger partial charge in [-0.1, -0.05) is 40.2 Å². The number of esters is 1. The fourth-order valence-electron chi connectivity index (χ4n) is 2.45. The number of amides is 1. The maximum absolute atomic E-state index is 12.2. The predicted molar refractivity (Wildman–Crippen MR) is 112 cm³/mol. The van der Waals surface area contributed by atoms with Gasteiger partial charge in [0, 0.05) is 10.0 Å². The van der Waals surface area contributed by atoms with Gasteiger partial charge < -0.3 is 4.74 Å². The van der Waals surface area contributed by atoms with Crippen LogP contribution in [-0.4, -0.2) is 18.1 Å². The van der Waals surface area contributed by atoms with Crippen molar-refractivity contribution in [1.29, 1.82) is 0 Å². The number of benzene rings is 3. The van der Waals surface area contributed by atoms with Crippen molar-refractivity contribution in [2.75, 3.05) is 0 Å². The summed E-state index contributed by atoms with van der Waals surface area (Å²) >= 11 is 3.32. The summed E-state index contributed by atoms with van der Waals surface area (Å²) in [6.07, 6.45) is 1.52. The lowest BCUT2D eigenvalue weighted by Gasteiger charge is -2.06. The Morgan fingerprint density at radius 3 is 2.46 bits per heavy atom. The number of aryl methyl sites for hydroxylation is 1. The second-order valence-corrected chi connectivity index (χ2v) is 6.90. The summed E-state index contributed by atoms with van der Waals surface area (Å²) in [4.78, 5) is 24.2. The summed E-state index contributed by atoms with van der Waals surface area (Å²) in [5.74, 6) is -0.272. The second-order valence-electron chi connectivity index (χ2n) is 5.98. The molecule has 3 aromatic carbocycles. The third kappa shape index (κ3) is 5.14. The molecule has 0 aliphatic carbocycles. The normalized spacial score (nSPS) is 10.6. The number of hydrogen-bond acceptors (Lipinski definition) is 4. The first kappa shape index (κ1) is 19.5. The smallest absolute Gasteiger partial charge is 0.343 e. The van der Waals surface area contributed by atoms with E-state index in [1.54, 1.807) is 54.6 Å². The number of carbonyl (C=O) groups is 2. The van der Waals surface area contributed by atoms with E-state index in [1.165, 1.54) is 6.21 Å². The molecule has 0 aromatic heterocycles. The highest BCUT2D eigenvalue weighted by molar-refractivity contribution is 9.10. The zero-order valence-corrected chi connectivity index (χ0v) is 16.6. The van der Waals surface area contributed by atoms with Gasteiger partial charge in [0.15, 0.2) is 0 Å². The van der Waals surface area contributed by atoms with E-state index >= 15 is 0 Å². The van der Waals surface area contributed by atoms with Crippen molar-refractivity contribution in [3.8, 4) is 5.75 Å². The quantitative estimate of drug-likeness (QED) is 0.271. The topological polar surface area (TPSA) is 67.8 Å². The van der Waals surface area contributed by atoms with Crippen LogP contribution < -0.4 is 10.2 Å². The van der Waals surface area contributed by atoms with Gasteiger partial charge in [-0.2, -0.15) is 5.10 Å². The molecule has 0 aliphatic heterocycles. The largest absolute Gasteiger partial charge is 0.423 e. The molecule has 0 radical (unpaired) electrons. The Bertz CT molecular complexity index is 1030. The number of nitrogens with one attached hydrogen (secondary N) is 1. The highest BCUT2D eigenvalue weighted by Gasteiger charge is 2.10. The number of carbonyl (C=O) groups excluding carboxylic acids is 2. The zero-order valence-electron chi connectivity index (χ0n) is 15.1. The van der Waals surface area contributed by atoms with E-state index in [9.17, 15) is 9.59 Å². The lowest BCUT2D eigenvalue weighted by atomic mass is 10.1. The van der Waals surface area contributed by atoms with E-state index in [-0.39, 0.29) is 5.91 Å². The average Bonchev–Trinajstić information content (AvgIpc) is 2.69. The van der Waals surface area contributed by atoms with E-state index in [1.807, 2.05) is 25.1 Å². The molecule has 3 rings (SSSR count). The van der Waals surface area contributed by atoms with Gasteiger partial charge in [0.1, 0.15) is 5.75 Å². The fourth-order valence-corrected chi connectivity index (χ4v) is 2.84. The number of hydrazone groups is 1. The van der Waals surface area contributed by atoms with Gasteiger partial charge in [0.05, 0.1) is 11.8 Å². The van der Waals surface area contributed by atoms with Crippen LogP contribution in [0, 0.1) is 6.92 Å². The number of ether oxygens (including phenoxy) is 1. The van der Waals surface area contributed by atoms with E-state index in [0.717, 1.165) is 15.6 Å². The Labute approximate surface area is 171 Å². The maximum atomic E-state index is 12.2. The Kier molecular flexibility index (Phi) is 6.34. The van der Waals surface area contributed by atoms with Crippen LogP contribution in [-0.2, 0) is 0 Å². The third-order valence-corrected chi connectivity index (χ3v) is 4.42. The molecule has 0 saturated heterocycles. The van der Waals surface area contributed by atoms with Gasteiger partial charge >= 0.3 is 5.97 Å². The van der Waals surface area contributed by atoms with Crippen LogP contribution in [0.15, 0.2) is 82.4 Å². The summed E-state index contributed by atoms with van der Waals surface area (Å²) in [5, 5.41) is 3.95. The molecule has 0 saturated carbocycles. The highest BCUT2D eigenvalue weighted by Crippen LogP contribution is 2.15. The molecule has 1 N–H and O–H groups in total. The fraction of sp³-hybridized carbons (Fsp3) is 0.0455. The summed E-state index contributed by atoms with van der Waals surface area (Å²) in [6, 6.07) is 21.1. The van der Waals surface area contributed by atoms with E-state index in [0.29, 0.717) is 16.9 Å². The molecule has 0 bridgehead atoms. The molecule has 1 amide bonds. The molecule has 3 aromatic rings. The Morgan fingerprint density at radius 2 is 1.75 bits per heavy atom. The van der Waals surface area contributed by atoms with Crippen molar-refractivity contribution in [3.63, 3.8) is 0 Å². The lowest BCUT2D eigenvalue weighted by molar-refractivity contribution is 0.0733. The van der Waals surface area contributed by atoms with Crippen molar-refractivity contribution in [2.45, 2.75) is 6.92 Å². The Hall–Kier alpha value is -3.25.